The number of rotatable bonds is 5. The average molecular weight is 270 g/mol. The minimum absolute atomic E-state index is 0.0997. The third kappa shape index (κ3) is 3.82. The average Bonchev–Trinajstić information content (AvgIpc) is 2.29. The number of carbonyl (C=O) groups is 1. The molecule has 0 radical (unpaired) electrons. The Morgan fingerprint density at radius 3 is 2.22 bits per heavy atom. The number of hydrogen-bond acceptors (Lipinski definition) is 3. The van der Waals surface area contributed by atoms with E-state index in [1.165, 1.54) is 12.1 Å². The normalized spacial score (nSPS) is 11.6. The molecule has 1 aromatic carbocycles. The Hall–Kier alpha value is -1.40. The monoisotopic (exact) mass is 270 g/mol. The lowest BCUT2D eigenvalue weighted by Gasteiger charge is -2.09. The van der Waals surface area contributed by atoms with E-state index in [2.05, 4.69) is 10.0 Å². The molecule has 0 atom stereocenters. The van der Waals surface area contributed by atoms with Gasteiger partial charge < -0.3 is 5.32 Å². The summed E-state index contributed by atoms with van der Waals surface area (Å²) in [5.41, 5.74) is 0.587. The molecule has 0 unspecified atom stereocenters. The van der Waals surface area contributed by atoms with Gasteiger partial charge in [-0.3, -0.25) is 4.79 Å². The molecule has 0 fully saturated rings. The molecule has 1 rings (SSSR count). The number of benzene rings is 1. The molecule has 2 N–H and O–H groups in total. The van der Waals surface area contributed by atoms with Gasteiger partial charge in [0.05, 0.1) is 4.90 Å². The van der Waals surface area contributed by atoms with Crippen molar-refractivity contribution >= 4 is 21.6 Å². The van der Waals surface area contributed by atoms with Gasteiger partial charge in [-0.15, -0.1) is 0 Å². The zero-order valence-electron chi connectivity index (χ0n) is 10.7. The first-order valence-electron chi connectivity index (χ1n) is 5.77. The Morgan fingerprint density at radius 1 is 1.22 bits per heavy atom. The Kier molecular flexibility index (Phi) is 4.86. The first-order valence-corrected chi connectivity index (χ1v) is 7.25. The van der Waals surface area contributed by atoms with E-state index in [9.17, 15) is 13.2 Å². The van der Waals surface area contributed by atoms with E-state index < -0.39 is 10.0 Å². The molecule has 0 saturated carbocycles. The van der Waals surface area contributed by atoms with Crippen molar-refractivity contribution in [2.24, 2.45) is 5.92 Å². The van der Waals surface area contributed by atoms with Crippen LogP contribution in [0.1, 0.15) is 20.8 Å². The number of anilines is 1. The zero-order chi connectivity index (χ0) is 13.8. The molecule has 0 saturated heterocycles. The highest BCUT2D eigenvalue weighted by atomic mass is 32.2. The van der Waals surface area contributed by atoms with E-state index in [1.54, 1.807) is 32.9 Å². The standard InChI is InChI=1S/C12H18N2O3S/c1-4-13-18(16,17)11-7-5-10(6-8-11)14-12(15)9(2)3/h5-9,13H,4H2,1-3H3,(H,14,15). The second-order valence-corrected chi connectivity index (χ2v) is 5.94. The molecule has 1 amide bonds. The second kappa shape index (κ2) is 5.97. The third-order valence-electron chi connectivity index (χ3n) is 2.29. The molecule has 0 spiro atoms. The number of carbonyl (C=O) groups excluding carboxylic acids is 1. The summed E-state index contributed by atoms with van der Waals surface area (Å²) in [5, 5.41) is 2.70. The Labute approximate surface area is 108 Å². The van der Waals surface area contributed by atoms with Crippen LogP contribution in [0.25, 0.3) is 0 Å². The highest BCUT2D eigenvalue weighted by Crippen LogP contribution is 2.14. The lowest BCUT2D eigenvalue weighted by molar-refractivity contribution is -0.118. The summed E-state index contributed by atoms with van der Waals surface area (Å²) < 4.78 is 25.8. The fraction of sp³-hybridized carbons (Fsp3) is 0.417. The van der Waals surface area contributed by atoms with Gasteiger partial charge in [0, 0.05) is 18.2 Å². The minimum Gasteiger partial charge on any atom is -0.326 e. The molecule has 5 nitrogen and oxygen atoms in total. The Bertz CT molecular complexity index is 507. The van der Waals surface area contributed by atoms with Crippen molar-refractivity contribution in [3.8, 4) is 0 Å². The van der Waals surface area contributed by atoms with Gasteiger partial charge in [0.1, 0.15) is 0 Å². The predicted molar refractivity (Wildman–Crippen MR) is 70.8 cm³/mol. The summed E-state index contributed by atoms with van der Waals surface area (Å²) >= 11 is 0. The Balaban J connectivity index is 2.84. The van der Waals surface area contributed by atoms with Crippen LogP contribution in [0.3, 0.4) is 0 Å². The lowest BCUT2D eigenvalue weighted by atomic mass is 10.2. The number of amides is 1. The molecule has 0 heterocycles. The summed E-state index contributed by atoms with van der Waals surface area (Å²) in [6.45, 7) is 5.64. The summed E-state index contributed by atoms with van der Waals surface area (Å²) in [6, 6.07) is 6.08. The SMILES string of the molecule is CCNS(=O)(=O)c1ccc(NC(=O)C(C)C)cc1. The van der Waals surface area contributed by atoms with Gasteiger partial charge in [0.15, 0.2) is 0 Å². The van der Waals surface area contributed by atoms with Crippen molar-refractivity contribution in [2.75, 3.05) is 11.9 Å². The quantitative estimate of drug-likeness (QED) is 0.853. The van der Waals surface area contributed by atoms with Gasteiger partial charge >= 0.3 is 0 Å². The second-order valence-electron chi connectivity index (χ2n) is 4.17. The van der Waals surface area contributed by atoms with Gasteiger partial charge in [-0.1, -0.05) is 20.8 Å². The van der Waals surface area contributed by atoms with Gasteiger partial charge in [-0.2, -0.15) is 0 Å². The predicted octanol–water partition coefficient (Wildman–Crippen LogP) is 1.58. The maximum atomic E-state index is 11.7. The Morgan fingerprint density at radius 2 is 1.78 bits per heavy atom. The van der Waals surface area contributed by atoms with Crippen LogP contribution in [0.15, 0.2) is 29.2 Å². The smallest absolute Gasteiger partial charge is 0.240 e. The van der Waals surface area contributed by atoms with E-state index in [0.717, 1.165) is 0 Å². The number of hydrogen-bond donors (Lipinski definition) is 2. The van der Waals surface area contributed by atoms with Gasteiger partial charge in [-0.25, -0.2) is 13.1 Å². The van der Waals surface area contributed by atoms with E-state index in [0.29, 0.717) is 12.2 Å². The summed E-state index contributed by atoms with van der Waals surface area (Å²) in [7, 11) is -3.43. The molecule has 6 heteroatoms. The molecule has 0 aliphatic carbocycles. The maximum absolute atomic E-state index is 11.7. The lowest BCUT2D eigenvalue weighted by Crippen LogP contribution is -2.23. The molecule has 18 heavy (non-hydrogen) atoms. The summed E-state index contributed by atoms with van der Waals surface area (Å²) in [4.78, 5) is 11.6. The molecular weight excluding hydrogens is 252 g/mol. The highest BCUT2D eigenvalue weighted by Gasteiger charge is 2.12. The van der Waals surface area contributed by atoms with Crippen LogP contribution in [0.4, 0.5) is 5.69 Å². The first-order chi connectivity index (χ1) is 8.36. The molecule has 0 bridgehead atoms. The van der Waals surface area contributed by atoms with Crippen molar-refractivity contribution in [1.82, 2.24) is 4.72 Å². The fourth-order valence-electron chi connectivity index (χ4n) is 1.28. The summed E-state index contributed by atoms with van der Waals surface area (Å²) in [5.74, 6) is -0.215. The van der Waals surface area contributed by atoms with Gasteiger partial charge in [0.2, 0.25) is 15.9 Å². The van der Waals surface area contributed by atoms with Crippen LogP contribution in [0.2, 0.25) is 0 Å². The summed E-state index contributed by atoms with van der Waals surface area (Å²) in [6.07, 6.45) is 0. The van der Waals surface area contributed by atoms with Gasteiger partial charge in [-0.05, 0) is 24.3 Å². The van der Waals surface area contributed by atoms with Crippen molar-refractivity contribution < 1.29 is 13.2 Å². The van der Waals surface area contributed by atoms with Crippen molar-refractivity contribution in [3.63, 3.8) is 0 Å². The topological polar surface area (TPSA) is 75.3 Å². The van der Waals surface area contributed by atoms with E-state index in [1.807, 2.05) is 0 Å². The first kappa shape index (κ1) is 14.7. The van der Waals surface area contributed by atoms with Crippen LogP contribution < -0.4 is 10.0 Å². The van der Waals surface area contributed by atoms with E-state index >= 15 is 0 Å². The molecule has 0 aromatic heterocycles. The molecule has 0 aliphatic rings. The number of nitrogens with one attached hydrogen (secondary N) is 2. The zero-order valence-corrected chi connectivity index (χ0v) is 11.5. The van der Waals surface area contributed by atoms with Crippen LogP contribution in [0, 0.1) is 5.92 Å². The largest absolute Gasteiger partial charge is 0.326 e. The van der Waals surface area contributed by atoms with Gasteiger partial charge in [0.25, 0.3) is 0 Å². The van der Waals surface area contributed by atoms with Crippen molar-refractivity contribution in [3.05, 3.63) is 24.3 Å². The molecule has 100 valence electrons. The van der Waals surface area contributed by atoms with Crippen molar-refractivity contribution in [1.29, 1.82) is 0 Å². The van der Waals surface area contributed by atoms with Crippen LogP contribution >= 0.6 is 0 Å². The van der Waals surface area contributed by atoms with E-state index in [-0.39, 0.29) is 16.7 Å². The number of sulfonamides is 1. The molecule has 1 aromatic rings. The maximum Gasteiger partial charge on any atom is 0.240 e. The molecule has 0 aliphatic heterocycles. The van der Waals surface area contributed by atoms with Crippen LogP contribution in [-0.4, -0.2) is 20.9 Å². The highest BCUT2D eigenvalue weighted by molar-refractivity contribution is 7.89. The fourth-order valence-corrected chi connectivity index (χ4v) is 2.32. The van der Waals surface area contributed by atoms with Crippen LogP contribution in [0.5, 0.6) is 0 Å². The third-order valence-corrected chi connectivity index (χ3v) is 3.85. The van der Waals surface area contributed by atoms with E-state index in [4.69, 9.17) is 0 Å². The van der Waals surface area contributed by atoms with Crippen LogP contribution in [-0.2, 0) is 14.8 Å². The molecular formula is C12H18N2O3S. The van der Waals surface area contributed by atoms with Crippen molar-refractivity contribution in [2.45, 2.75) is 25.7 Å². The minimum atomic E-state index is -3.43.